The molecule has 6 heteroatoms. The van der Waals surface area contributed by atoms with Crippen LogP contribution < -0.4 is 0 Å². The summed E-state index contributed by atoms with van der Waals surface area (Å²) < 4.78 is 0. The minimum Gasteiger partial charge on any atom is -0.342 e. The zero-order valence-corrected chi connectivity index (χ0v) is 14.1. The lowest BCUT2D eigenvalue weighted by Crippen LogP contribution is -2.39. The number of H-pyrrole nitrogens is 2. The fourth-order valence-corrected chi connectivity index (χ4v) is 3.54. The molecule has 0 aliphatic carbocycles. The van der Waals surface area contributed by atoms with Gasteiger partial charge in [-0.3, -0.25) is 15.0 Å². The Balaban J connectivity index is 1.60. The molecule has 1 fully saturated rings. The Hall–Kier alpha value is -2.11. The molecule has 0 saturated carbocycles. The quantitative estimate of drug-likeness (QED) is 0.909. The molecule has 2 aromatic rings. The Morgan fingerprint density at radius 2 is 2.17 bits per heavy atom. The topological polar surface area (TPSA) is 77.7 Å². The number of nitrogens with one attached hydrogen (secondary N) is 2. The van der Waals surface area contributed by atoms with Gasteiger partial charge in [-0.05, 0) is 51.2 Å². The molecular formula is C17H25N5O. The summed E-state index contributed by atoms with van der Waals surface area (Å²) in [7, 11) is 0. The summed E-state index contributed by atoms with van der Waals surface area (Å²) in [5.74, 6) is 0.625. The first-order chi connectivity index (χ1) is 11.1. The van der Waals surface area contributed by atoms with Crippen molar-refractivity contribution in [3.05, 3.63) is 34.4 Å². The van der Waals surface area contributed by atoms with Crippen LogP contribution in [0.25, 0.3) is 0 Å². The molecule has 2 N–H and O–H groups in total. The molecule has 1 aliphatic heterocycles. The van der Waals surface area contributed by atoms with Crippen LogP contribution in [-0.4, -0.2) is 44.3 Å². The summed E-state index contributed by atoms with van der Waals surface area (Å²) in [5, 5.41) is 14.4. The number of piperidine rings is 1. The van der Waals surface area contributed by atoms with Crippen LogP contribution in [0.3, 0.4) is 0 Å². The molecule has 0 aromatic carbocycles. The predicted octanol–water partition coefficient (Wildman–Crippen LogP) is 2.40. The van der Waals surface area contributed by atoms with E-state index in [0.717, 1.165) is 43.7 Å². The van der Waals surface area contributed by atoms with E-state index in [4.69, 9.17) is 0 Å². The lowest BCUT2D eigenvalue weighted by molar-refractivity contribution is -0.132. The van der Waals surface area contributed by atoms with E-state index in [2.05, 4.69) is 27.3 Å². The van der Waals surface area contributed by atoms with Gasteiger partial charge in [0.05, 0.1) is 11.9 Å². The lowest BCUT2D eigenvalue weighted by atomic mass is 9.92. The highest BCUT2D eigenvalue weighted by Gasteiger charge is 2.26. The van der Waals surface area contributed by atoms with E-state index in [9.17, 15) is 4.79 Å². The smallest absolute Gasteiger partial charge is 0.222 e. The molecule has 1 atom stereocenters. The molecule has 3 rings (SSSR count). The van der Waals surface area contributed by atoms with E-state index in [-0.39, 0.29) is 5.91 Å². The van der Waals surface area contributed by atoms with Crippen LogP contribution in [0.5, 0.6) is 0 Å². The van der Waals surface area contributed by atoms with Gasteiger partial charge in [0.15, 0.2) is 0 Å². The second-order valence-corrected chi connectivity index (χ2v) is 6.56. The number of aromatic amines is 2. The van der Waals surface area contributed by atoms with Crippen molar-refractivity contribution in [2.24, 2.45) is 0 Å². The van der Waals surface area contributed by atoms with Crippen LogP contribution in [0.15, 0.2) is 6.20 Å². The van der Waals surface area contributed by atoms with Gasteiger partial charge in [0.2, 0.25) is 5.91 Å². The number of carbonyl (C=O) groups is 1. The predicted molar refractivity (Wildman–Crippen MR) is 88.3 cm³/mol. The molecule has 1 aliphatic rings. The van der Waals surface area contributed by atoms with Gasteiger partial charge in [-0.15, -0.1) is 0 Å². The third kappa shape index (κ3) is 3.30. The maximum atomic E-state index is 12.6. The number of nitrogens with zero attached hydrogens (tertiary/aromatic N) is 3. The molecule has 0 radical (unpaired) electrons. The molecule has 2 aromatic heterocycles. The van der Waals surface area contributed by atoms with E-state index in [1.807, 2.05) is 24.9 Å². The van der Waals surface area contributed by atoms with Crippen molar-refractivity contribution in [3.8, 4) is 0 Å². The highest BCUT2D eigenvalue weighted by Crippen LogP contribution is 2.28. The zero-order chi connectivity index (χ0) is 16.4. The van der Waals surface area contributed by atoms with Gasteiger partial charge in [-0.25, -0.2) is 0 Å². The van der Waals surface area contributed by atoms with Crippen LogP contribution >= 0.6 is 0 Å². The average Bonchev–Trinajstić information content (AvgIpc) is 3.11. The van der Waals surface area contributed by atoms with Gasteiger partial charge >= 0.3 is 0 Å². The summed E-state index contributed by atoms with van der Waals surface area (Å²) in [4.78, 5) is 14.6. The normalized spacial score (nSPS) is 18.4. The molecule has 6 nitrogen and oxygen atoms in total. The molecule has 1 amide bonds. The number of likely N-dealkylation sites (tertiary alicyclic amines) is 1. The van der Waals surface area contributed by atoms with Crippen molar-refractivity contribution in [3.63, 3.8) is 0 Å². The van der Waals surface area contributed by atoms with Crippen molar-refractivity contribution in [2.75, 3.05) is 13.1 Å². The van der Waals surface area contributed by atoms with Crippen molar-refractivity contribution in [1.82, 2.24) is 25.3 Å². The zero-order valence-electron chi connectivity index (χ0n) is 14.1. The van der Waals surface area contributed by atoms with Gasteiger partial charge in [-0.1, -0.05) is 0 Å². The molecule has 0 spiro atoms. The first kappa shape index (κ1) is 15.8. The summed E-state index contributed by atoms with van der Waals surface area (Å²) in [6.07, 6.45) is 5.35. The highest BCUT2D eigenvalue weighted by atomic mass is 16.2. The largest absolute Gasteiger partial charge is 0.342 e. The maximum Gasteiger partial charge on any atom is 0.222 e. The molecule has 0 bridgehead atoms. The van der Waals surface area contributed by atoms with E-state index < -0.39 is 0 Å². The number of aromatic nitrogens is 4. The Labute approximate surface area is 136 Å². The second-order valence-electron chi connectivity index (χ2n) is 6.56. The van der Waals surface area contributed by atoms with Crippen molar-refractivity contribution < 1.29 is 4.79 Å². The van der Waals surface area contributed by atoms with E-state index in [1.54, 1.807) is 0 Å². The Kier molecular flexibility index (Phi) is 4.50. The van der Waals surface area contributed by atoms with Gasteiger partial charge in [0.1, 0.15) is 0 Å². The molecule has 3 heterocycles. The maximum absolute atomic E-state index is 12.6. The molecule has 23 heavy (non-hydrogen) atoms. The Morgan fingerprint density at radius 3 is 2.83 bits per heavy atom. The minimum atomic E-state index is 0.242. The van der Waals surface area contributed by atoms with Crippen molar-refractivity contribution in [2.45, 2.75) is 52.4 Å². The Bertz CT molecular complexity index is 667. The van der Waals surface area contributed by atoms with Crippen LogP contribution in [0.4, 0.5) is 0 Å². The van der Waals surface area contributed by atoms with Gasteiger partial charge in [0.25, 0.3) is 0 Å². The van der Waals surface area contributed by atoms with E-state index in [1.165, 1.54) is 16.8 Å². The lowest BCUT2D eigenvalue weighted by Gasteiger charge is -2.32. The van der Waals surface area contributed by atoms with Crippen LogP contribution in [0.1, 0.15) is 53.4 Å². The fourth-order valence-electron chi connectivity index (χ4n) is 3.54. The van der Waals surface area contributed by atoms with Crippen molar-refractivity contribution >= 4 is 5.91 Å². The second kappa shape index (κ2) is 6.56. The van der Waals surface area contributed by atoms with Gasteiger partial charge in [-0.2, -0.15) is 10.2 Å². The number of amides is 1. The molecule has 0 unspecified atom stereocenters. The van der Waals surface area contributed by atoms with E-state index in [0.29, 0.717) is 12.3 Å². The van der Waals surface area contributed by atoms with Crippen molar-refractivity contribution in [1.29, 1.82) is 0 Å². The van der Waals surface area contributed by atoms with Gasteiger partial charge < -0.3 is 4.90 Å². The molecule has 124 valence electrons. The first-order valence-corrected chi connectivity index (χ1v) is 8.34. The third-order valence-corrected chi connectivity index (χ3v) is 4.92. The van der Waals surface area contributed by atoms with Gasteiger partial charge in [0, 0.05) is 36.8 Å². The fraction of sp³-hybridized carbons (Fsp3) is 0.588. The first-order valence-electron chi connectivity index (χ1n) is 8.34. The number of rotatable bonds is 4. The van der Waals surface area contributed by atoms with Crippen LogP contribution in [0, 0.1) is 20.8 Å². The monoisotopic (exact) mass is 315 g/mol. The Morgan fingerprint density at radius 1 is 1.35 bits per heavy atom. The highest BCUT2D eigenvalue weighted by molar-refractivity contribution is 5.76. The number of hydrogen-bond acceptors (Lipinski definition) is 3. The summed E-state index contributed by atoms with van der Waals surface area (Å²) in [5.41, 5.74) is 5.62. The summed E-state index contributed by atoms with van der Waals surface area (Å²) in [6.45, 7) is 7.74. The van der Waals surface area contributed by atoms with Crippen LogP contribution in [-0.2, 0) is 11.2 Å². The average molecular weight is 315 g/mol. The number of hydrogen-bond donors (Lipinski definition) is 2. The van der Waals surface area contributed by atoms with E-state index >= 15 is 0 Å². The molecule has 1 saturated heterocycles. The molecular weight excluding hydrogens is 290 g/mol. The summed E-state index contributed by atoms with van der Waals surface area (Å²) >= 11 is 0. The number of aryl methyl sites for hydroxylation is 3. The summed E-state index contributed by atoms with van der Waals surface area (Å²) in [6, 6.07) is 0. The third-order valence-electron chi connectivity index (χ3n) is 4.92. The SMILES string of the molecule is Cc1cn[nH]c1[C@H]1CCCN(C(=O)CCc2c(C)n[nH]c2C)C1. The minimum absolute atomic E-state index is 0.242. The number of carbonyl (C=O) groups excluding carboxylic acids is 1. The van der Waals surface area contributed by atoms with Crippen LogP contribution in [0.2, 0.25) is 0 Å². The standard InChI is InChI=1S/C17H25N5O/c1-11-9-18-21-17(11)14-5-4-8-22(10-14)16(23)7-6-15-12(2)19-20-13(15)3/h9,14H,4-8,10H2,1-3H3,(H,18,21)(H,19,20)/t14-/m0/s1.